The van der Waals surface area contributed by atoms with E-state index in [9.17, 15) is 32.2 Å². The Kier molecular flexibility index (Phi) is 11.9. The molecule has 4 heterocycles. The maximum absolute atomic E-state index is 13.5. The molecule has 0 spiro atoms. The lowest BCUT2D eigenvalue weighted by molar-refractivity contribution is -0.120. The molecular formula is C37H42F3N9O4S. The Morgan fingerprint density at radius 2 is 1.87 bits per heavy atom. The molecule has 3 saturated heterocycles. The molecule has 1 N–H and O–H groups in total. The number of aromatic nitrogens is 2. The van der Waals surface area contributed by atoms with Gasteiger partial charge >= 0.3 is 12.2 Å². The van der Waals surface area contributed by atoms with Crippen molar-refractivity contribution in [3.05, 3.63) is 59.3 Å². The Balaban J connectivity index is 1.02. The van der Waals surface area contributed by atoms with Crippen molar-refractivity contribution in [1.82, 2.24) is 24.3 Å². The lowest BCUT2D eigenvalue weighted by Gasteiger charge is -2.36. The van der Waals surface area contributed by atoms with Crippen LogP contribution in [0.4, 0.5) is 23.8 Å². The zero-order valence-electron chi connectivity index (χ0n) is 30.1. The summed E-state index contributed by atoms with van der Waals surface area (Å²) in [7, 11) is 0.288. The number of amides is 3. The van der Waals surface area contributed by atoms with E-state index in [1.165, 1.54) is 10.5 Å². The number of benzene rings is 2. The van der Waals surface area contributed by atoms with Gasteiger partial charge in [-0.3, -0.25) is 34.6 Å². The van der Waals surface area contributed by atoms with E-state index in [4.69, 9.17) is 4.74 Å². The number of carbonyl (C=O) groups is 2. The van der Waals surface area contributed by atoms with Gasteiger partial charge in [0.1, 0.15) is 29.4 Å². The molecule has 0 radical (unpaired) electrons. The number of allylic oxidation sites excluding steroid dienone is 1. The molecule has 0 saturated carbocycles. The number of rotatable bonds is 11. The van der Waals surface area contributed by atoms with Gasteiger partial charge in [-0.15, -0.1) is 0 Å². The molecule has 1 aromatic heterocycles. The molecule has 3 fully saturated rings. The molecule has 2 unspecified atom stereocenters. The molecule has 54 heavy (non-hydrogen) atoms. The van der Waals surface area contributed by atoms with Crippen molar-refractivity contribution in [1.29, 1.82) is 5.26 Å². The predicted molar refractivity (Wildman–Crippen MR) is 199 cm³/mol. The lowest BCUT2D eigenvalue weighted by atomic mass is 9.88. The second-order valence-electron chi connectivity index (χ2n) is 13.7. The number of hydrogen-bond donors (Lipinski definition) is 1. The Labute approximate surface area is 313 Å². The monoisotopic (exact) mass is 765 g/mol. The normalized spacial score (nSPS) is 19.9. The molecule has 3 aliphatic heterocycles. The number of nitrogens with zero attached hydrogens (tertiary/aromatic N) is 8. The molecule has 286 valence electrons. The highest BCUT2D eigenvalue weighted by atomic mass is 32.2. The van der Waals surface area contributed by atoms with Crippen LogP contribution in [0.15, 0.2) is 63.1 Å². The number of fused-ring (bicyclic) bond motifs is 1. The summed E-state index contributed by atoms with van der Waals surface area (Å²) in [6.07, 6.45) is -0.200. The van der Waals surface area contributed by atoms with Crippen LogP contribution >= 0.6 is 0 Å². The number of imide groups is 1. The van der Waals surface area contributed by atoms with Crippen LogP contribution in [0.1, 0.15) is 56.1 Å². The van der Waals surface area contributed by atoms with Crippen LogP contribution in [-0.4, -0.2) is 106 Å². The molecule has 3 aliphatic rings. The molecule has 3 aromatic rings. The number of urea groups is 1. The minimum Gasteiger partial charge on any atom is -0.491 e. The summed E-state index contributed by atoms with van der Waals surface area (Å²) < 4.78 is 62.6. The second-order valence-corrected chi connectivity index (χ2v) is 15.2. The van der Waals surface area contributed by atoms with E-state index < -0.39 is 28.8 Å². The number of halogens is 3. The van der Waals surface area contributed by atoms with Crippen LogP contribution in [0.2, 0.25) is 0 Å². The first kappa shape index (κ1) is 38.8. The third-order valence-electron chi connectivity index (χ3n) is 10.2. The number of piperidine rings is 2. The average molecular weight is 766 g/mol. The SMILES string of the molecule is C=N/C=C(\C=NC1CCN(S(=O)c2ccc(C#N)c(OCC(C)N3CCC(c4ccc5c(N6CCC(=O)NC6=O)nn(C)c5c4)CC3)c2)CC1)C(F)(F)F. The summed E-state index contributed by atoms with van der Waals surface area (Å²) in [6, 6.07) is 12.5. The first-order chi connectivity index (χ1) is 25.9. The molecule has 2 atom stereocenters. The number of hydrogen-bond acceptors (Lipinski definition) is 9. The number of aryl methyl sites for hydroxylation is 1. The Morgan fingerprint density at radius 1 is 1.13 bits per heavy atom. The number of nitrogens with one attached hydrogen (secondary N) is 1. The molecular weight excluding hydrogens is 724 g/mol. The van der Waals surface area contributed by atoms with E-state index in [1.54, 1.807) is 27.2 Å². The van der Waals surface area contributed by atoms with Crippen LogP contribution in [0, 0.1) is 11.3 Å². The fraction of sp³-hybridized carbons (Fsp3) is 0.459. The Bertz CT molecular complexity index is 2030. The molecule has 6 rings (SSSR count). The first-order valence-corrected chi connectivity index (χ1v) is 18.9. The standard InChI is InChI=1S/C37H42F3N9O4S/c1-24(47-13-8-25(9-14-47)26-5-7-31-32(18-26)46(3)45-35(31)49-17-12-34(50)44-36(49)51)23-53-33-19-30(6-4-27(33)20-41)54(52)48-15-10-29(11-16-48)43-22-28(21-42-2)37(38,39)40/h4-7,18-19,21-22,24-25,29H,2,8-17,23H2,1,3H3,(H,44,50,51)/b28-21+,43-22?. The number of ether oxygens (including phenoxy) is 1. The third-order valence-corrected chi connectivity index (χ3v) is 11.7. The minimum absolute atomic E-state index is 0.0471. The molecule has 17 heteroatoms. The van der Waals surface area contributed by atoms with E-state index in [-0.39, 0.29) is 31.0 Å². The smallest absolute Gasteiger partial charge is 0.419 e. The van der Waals surface area contributed by atoms with Gasteiger partial charge in [-0.1, -0.05) is 6.07 Å². The maximum Gasteiger partial charge on any atom is 0.419 e. The summed E-state index contributed by atoms with van der Waals surface area (Å²) in [5.74, 6) is 0.938. The summed E-state index contributed by atoms with van der Waals surface area (Å²) in [6.45, 7) is 8.22. The van der Waals surface area contributed by atoms with Crippen molar-refractivity contribution < 1.29 is 31.7 Å². The number of anilines is 1. The predicted octanol–water partition coefficient (Wildman–Crippen LogP) is 5.24. The molecule has 0 bridgehead atoms. The lowest BCUT2D eigenvalue weighted by Crippen LogP contribution is -2.49. The quantitative estimate of drug-likeness (QED) is 0.263. The molecule has 3 amide bonds. The minimum atomic E-state index is -4.58. The van der Waals surface area contributed by atoms with Crippen LogP contribution < -0.4 is 15.0 Å². The van der Waals surface area contributed by atoms with Crippen molar-refractivity contribution in [3.8, 4) is 11.8 Å². The number of alkyl halides is 3. The number of aliphatic imine (C=N–C) groups is 2. The zero-order valence-corrected chi connectivity index (χ0v) is 30.9. The van der Waals surface area contributed by atoms with Gasteiger partial charge in [-0.05, 0) is 94.2 Å². The van der Waals surface area contributed by atoms with Gasteiger partial charge in [0.2, 0.25) is 5.91 Å². The van der Waals surface area contributed by atoms with Gasteiger partial charge < -0.3 is 4.74 Å². The van der Waals surface area contributed by atoms with Crippen LogP contribution in [0.3, 0.4) is 0 Å². The van der Waals surface area contributed by atoms with Gasteiger partial charge in [-0.2, -0.15) is 23.5 Å². The number of carbonyl (C=O) groups excluding carboxylic acids is 2. The molecule has 0 aliphatic carbocycles. The van der Waals surface area contributed by atoms with E-state index in [0.29, 0.717) is 66.7 Å². The first-order valence-electron chi connectivity index (χ1n) is 17.8. The second kappa shape index (κ2) is 16.6. The summed E-state index contributed by atoms with van der Waals surface area (Å²) >= 11 is 0. The highest BCUT2D eigenvalue weighted by molar-refractivity contribution is 7.82. The maximum atomic E-state index is 13.5. The fourth-order valence-electron chi connectivity index (χ4n) is 7.06. The van der Waals surface area contributed by atoms with Crippen molar-refractivity contribution in [2.45, 2.75) is 68.1 Å². The van der Waals surface area contributed by atoms with Crippen LogP contribution in [0.5, 0.6) is 5.75 Å². The third kappa shape index (κ3) is 8.72. The van der Waals surface area contributed by atoms with Gasteiger partial charge in [0.15, 0.2) is 5.82 Å². The summed E-state index contributed by atoms with van der Waals surface area (Å²) in [5.41, 5.74) is 1.48. The van der Waals surface area contributed by atoms with Gasteiger partial charge in [-0.25, -0.2) is 13.3 Å². The number of nitriles is 1. The number of likely N-dealkylation sites (tertiary alicyclic amines) is 1. The highest BCUT2D eigenvalue weighted by Crippen LogP contribution is 2.34. The van der Waals surface area contributed by atoms with Gasteiger partial charge in [0.25, 0.3) is 0 Å². The largest absolute Gasteiger partial charge is 0.491 e. The van der Waals surface area contributed by atoms with E-state index in [1.807, 2.05) is 13.1 Å². The molecule has 13 nitrogen and oxygen atoms in total. The van der Waals surface area contributed by atoms with E-state index in [0.717, 1.165) is 43.0 Å². The topological polar surface area (TPSA) is 149 Å². The van der Waals surface area contributed by atoms with Crippen molar-refractivity contribution >= 4 is 52.6 Å². The highest BCUT2D eigenvalue weighted by Gasteiger charge is 2.33. The Hall–Kier alpha value is -4.92. The average Bonchev–Trinajstić information content (AvgIpc) is 3.49. The van der Waals surface area contributed by atoms with Crippen molar-refractivity contribution in [2.75, 3.05) is 44.2 Å². The van der Waals surface area contributed by atoms with Gasteiger partial charge in [0, 0.05) is 56.9 Å². The van der Waals surface area contributed by atoms with Crippen molar-refractivity contribution in [2.24, 2.45) is 17.0 Å². The van der Waals surface area contributed by atoms with Crippen LogP contribution in [0.25, 0.3) is 10.9 Å². The fourth-order valence-corrected chi connectivity index (χ4v) is 8.29. The zero-order chi connectivity index (χ0) is 38.6. The van der Waals surface area contributed by atoms with Crippen molar-refractivity contribution in [3.63, 3.8) is 0 Å². The van der Waals surface area contributed by atoms with Gasteiger partial charge in [0.05, 0.1) is 27.6 Å². The summed E-state index contributed by atoms with van der Waals surface area (Å²) in [4.78, 5) is 35.8. The summed E-state index contributed by atoms with van der Waals surface area (Å²) in [5, 5.41) is 17.6. The Morgan fingerprint density at radius 3 is 2.54 bits per heavy atom. The van der Waals surface area contributed by atoms with E-state index >= 15 is 0 Å². The molecule has 2 aromatic carbocycles. The van der Waals surface area contributed by atoms with E-state index in [2.05, 4.69) is 57.1 Å². The van der Waals surface area contributed by atoms with Crippen LogP contribution in [-0.2, 0) is 22.8 Å².